The van der Waals surface area contributed by atoms with Crippen LogP contribution in [0.1, 0.15) is 18.4 Å². The van der Waals surface area contributed by atoms with Crippen LogP contribution >= 0.6 is 34.7 Å². The summed E-state index contributed by atoms with van der Waals surface area (Å²) in [6.07, 6.45) is 1.04. The molecule has 0 saturated heterocycles. The maximum atomic E-state index is 5.65. The summed E-state index contributed by atoms with van der Waals surface area (Å²) >= 11 is 8.93. The second kappa shape index (κ2) is 5.80. The van der Waals surface area contributed by atoms with Gasteiger partial charge in [-0.15, -0.1) is 10.2 Å². The number of rotatable bonds is 5. The van der Waals surface area contributed by atoms with Crippen molar-refractivity contribution in [2.45, 2.75) is 24.3 Å². The van der Waals surface area contributed by atoms with Gasteiger partial charge in [-0.3, -0.25) is 0 Å². The van der Waals surface area contributed by atoms with Gasteiger partial charge in [0.25, 0.3) is 0 Å². The summed E-state index contributed by atoms with van der Waals surface area (Å²) in [7, 11) is 0. The van der Waals surface area contributed by atoms with Crippen molar-refractivity contribution in [3.05, 3.63) is 9.47 Å². The van der Waals surface area contributed by atoms with E-state index in [1.54, 1.807) is 0 Å². The van der Waals surface area contributed by atoms with Crippen molar-refractivity contribution in [1.82, 2.24) is 10.2 Å². The first kappa shape index (κ1) is 11.2. The monoisotopic (exact) mass is 237 g/mol. The van der Waals surface area contributed by atoms with Crippen molar-refractivity contribution < 1.29 is 0 Å². The third-order valence-corrected chi connectivity index (χ3v) is 3.95. The van der Waals surface area contributed by atoms with E-state index >= 15 is 0 Å². The molecule has 0 radical (unpaired) electrons. The third kappa shape index (κ3) is 4.26. The van der Waals surface area contributed by atoms with Crippen LogP contribution in [0.25, 0.3) is 0 Å². The quantitative estimate of drug-likeness (QED) is 0.853. The van der Waals surface area contributed by atoms with Gasteiger partial charge in [-0.05, 0) is 24.6 Å². The Bertz CT molecular complexity index is 254. The molecule has 0 aliphatic rings. The highest BCUT2D eigenvalue weighted by Crippen LogP contribution is 2.23. The Balaban J connectivity index is 2.26. The number of halogens is 1. The predicted molar refractivity (Wildman–Crippen MR) is 59.3 cm³/mol. The van der Waals surface area contributed by atoms with Crippen LogP contribution in [-0.2, 0) is 5.75 Å². The third-order valence-electron chi connectivity index (χ3n) is 1.51. The zero-order chi connectivity index (χ0) is 9.68. The van der Waals surface area contributed by atoms with E-state index < -0.39 is 0 Å². The van der Waals surface area contributed by atoms with Gasteiger partial charge in [-0.25, -0.2) is 0 Å². The molecule has 0 fully saturated rings. The Morgan fingerprint density at radius 3 is 2.92 bits per heavy atom. The summed E-state index contributed by atoms with van der Waals surface area (Å²) in [5.41, 5.74) is 5.44. The van der Waals surface area contributed by atoms with Crippen molar-refractivity contribution >= 4 is 34.7 Å². The van der Waals surface area contributed by atoms with E-state index in [2.05, 4.69) is 17.1 Å². The van der Waals surface area contributed by atoms with E-state index in [4.69, 9.17) is 17.3 Å². The lowest BCUT2D eigenvalue weighted by Gasteiger charge is -2.06. The molecule has 0 aromatic carbocycles. The summed E-state index contributed by atoms with van der Waals surface area (Å²) in [5, 5.41) is 9.23. The molecule has 1 aromatic heterocycles. The second-order valence-electron chi connectivity index (χ2n) is 2.65. The van der Waals surface area contributed by atoms with Gasteiger partial charge in [-0.1, -0.05) is 18.3 Å². The molecule has 6 heteroatoms. The van der Waals surface area contributed by atoms with E-state index in [0.717, 1.165) is 23.7 Å². The number of aromatic nitrogens is 2. The zero-order valence-electron chi connectivity index (χ0n) is 7.36. The van der Waals surface area contributed by atoms with E-state index in [9.17, 15) is 0 Å². The van der Waals surface area contributed by atoms with Crippen LogP contribution in [-0.4, -0.2) is 22.0 Å². The minimum absolute atomic E-state index is 0.516. The molecule has 1 aromatic rings. The fourth-order valence-electron chi connectivity index (χ4n) is 0.823. The fraction of sp³-hybridized carbons (Fsp3) is 0.714. The topological polar surface area (TPSA) is 51.8 Å². The lowest BCUT2D eigenvalue weighted by atomic mass is 10.3. The number of nitrogens with two attached hydrogens (primary N) is 1. The predicted octanol–water partition coefficient (Wildman–Crippen LogP) is 2.16. The smallest absolute Gasteiger partial charge is 0.207 e. The molecule has 0 amide bonds. The first-order valence-corrected chi connectivity index (χ1v) is 6.26. The van der Waals surface area contributed by atoms with Gasteiger partial charge in [0.05, 0.1) is 0 Å². The average molecular weight is 238 g/mol. The Morgan fingerprint density at radius 1 is 1.62 bits per heavy atom. The second-order valence-corrected chi connectivity index (χ2v) is 5.72. The highest BCUT2D eigenvalue weighted by molar-refractivity contribution is 7.99. The Hall–Kier alpha value is 0.160. The largest absolute Gasteiger partial charge is 0.330 e. The van der Waals surface area contributed by atoms with E-state index in [1.807, 2.05) is 11.8 Å². The van der Waals surface area contributed by atoms with Crippen molar-refractivity contribution in [1.29, 1.82) is 0 Å². The maximum Gasteiger partial charge on any atom is 0.207 e. The molecule has 1 rings (SSSR count). The molecule has 0 saturated carbocycles. The minimum atomic E-state index is 0.516. The summed E-state index contributed by atoms with van der Waals surface area (Å²) in [4.78, 5) is 0. The molecular weight excluding hydrogens is 226 g/mol. The summed E-state index contributed by atoms with van der Waals surface area (Å²) in [6.45, 7) is 2.91. The van der Waals surface area contributed by atoms with Gasteiger partial charge < -0.3 is 5.73 Å². The Labute approximate surface area is 91.1 Å². The first-order chi connectivity index (χ1) is 6.22. The van der Waals surface area contributed by atoms with Crippen LogP contribution in [0.15, 0.2) is 0 Å². The molecule has 0 spiro atoms. The van der Waals surface area contributed by atoms with Crippen LogP contribution in [0.2, 0.25) is 4.47 Å². The van der Waals surface area contributed by atoms with Gasteiger partial charge in [0.15, 0.2) is 0 Å². The molecule has 1 unspecified atom stereocenters. The summed E-state index contributed by atoms with van der Waals surface area (Å²) in [6, 6.07) is 0. The molecule has 1 heterocycles. The molecule has 74 valence electrons. The molecular formula is C7H12ClN3S2. The standard InChI is InChI=1S/C7H12ClN3S2/c1-5(2-3-9)12-4-6-10-11-7(8)13-6/h5H,2-4,9H2,1H3. The van der Waals surface area contributed by atoms with Crippen molar-refractivity contribution in [2.24, 2.45) is 5.73 Å². The van der Waals surface area contributed by atoms with Crippen LogP contribution in [0.5, 0.6) is 0 Å². The maximum absolute atomic E-state index is 5.65. The summed E-state index contributed by atoms with van der Waals surface area (Å²) in [5.74, 6) is 0.881. The van der Waals surface area contributed by atoms with Crippen LogP contribution in [0.4, 0.5) is 0 Å². The SMILES string of the molecule is CC(CCN)SCc1nnc(Cl)s1. The van der Waals surface area contributed by atoms with Crippen molar-refractivity contribution in [3.63, 3.8) is 0 Å². The Kier molecular flexibility index (Phi) is 5.01. The van der Waals surface area contributed by atoms with Gasteiger partial charge in [0.2, 0.25) is 4.47 Å². The normalized spacial score (nSPS) is 13.2. The van der Waals surface area contributed by atoms with E-state index in [1.165, 1.54) is 11.3 Å². The highest BCUT2D eigenvalue weighted by Gasteiger charge is 2.05. The van der Waals surface area contributed by atoms with Crippen LogP contribution < -0.4 is 5.73 Å². The molecule has 13 heavy (non-hydrogen) atoms. The lowest BCUT2D eigenvalue weighted by molar-refractivity contribution is 0.822. The molecule has 0 aliphatic carbocycles. The van der Waals surface area contributed by atoms with Gasteiger partial charge in [-0.2, -0.15) is 11.8 Å². The zero-order valence-corrected chi connectivity index (χ0v) is 9.75. The number of hydrogen-bond acceptors (Lipinski definition) is 5. The Morgan fingerprint density at radius 2 is 2.38 bits per heavy atom. The molecule has 1 atom stereocenters. The van der Waals surface area contributed by atoms with Gasteiger partial charge in [0.1, 0.15) is 5.01 Å². The molecule has 2 N–H and O–H groups in total. The average Bonchev–Trinajstić information content (AvgIpc) is 2.49. The van der Waals surface area contributed by atoms with Crippen molar-refractivity contribution in [3.8, 4) is 0 Å². The first-order valence-electron chi connectivity index (χ1n) is 4.02. The lowest BCUT2D eigenvalue weighted by Crippen LogP contribution is -2.07. The molecule has 0 aliphatic heterocycles. The van der Waals surface area contributed by atoms with Crippen molar-refractivity contribution in [2.75, 3.05) is 6.54 Å². The van der Waals surface area contributed by atoms with E-state index in [0.29, 0.717) is 9.72 Å². The number of thioether (sulfide) groups is 1. The van der Waals surface area contributed by atoms with Gasteiger partial charge in [0, 0.05) is 11.0 Å². The van der Waals surface area contributed by atoms with Crippen LogP contribution in [0.3, 0.4) is 0 Å². The van der Waals surface area contributed by atoms with E-state index in [-0.39, 0.29) is 0 Å². The summed E-state index contributed by atoms with van der Waals surface area (Å²) < 4.78 is 0.516. The number of hydrogen-bond donors (Lipinski definition) is 1. The van der Waals surface area contributed by atoms with Gasteiger partial charge >= 0.3 is 0 Å². The number of nitrogens with zero attached hydrogens (tertiary/aromatic N) is 2. The molecule has 3 nitrogen and oxygen atoms in total. The fourth-order valence-corrected chi connectivity index (χ4v) is 2.71. The highest BCUT2D eigenvalue weighted by atomic mass is 35.5. The molecule has 0 bridgehead atoms. The van der Waals surface area contributed by atoms with Crippen LogP contribution in [0, 0.1) is 0 Å². The minimum Gasteiger partial charge on any atom is -0.330 e.